The normalized spacial score (nSPS) is 25.1. The Morgan fingerprint density at radius 2 is 2.10 bits per heavy atom. The van der Waals surface area contributed by atoms with E-state index in [1.54, 1.807) is 5.38 Å². The van der Waals surface area contributed by atoms with E-state index in [9.17, 15) is 14.7 Å². The summed E-state index contributed by atoms with van der Waals surface area (Å²) >= 11 is 2.86. The van der Waals surface area contributed by atoms with Crippen molar-refractivity contribution in [3.63, 3.8) is 0 Å². The zero-order valence-corrected chi connectivity index (χ0v) is 19.3. The molecule has 1 aromatic heterocycles. The average molecular weight is 452 g/mol. The van der Waals surface area contributed by atoms with Crippen LogP contribution < -0.4 is 0 Å². The van der Waals surface area contributed by atoms with Gasteiger partial charge in [-0.2, -0.15) is 0 Å². The van der Waals surface area contributed by atoms with Crippen molar-refractivity contribution in [2.24, 2.45) is 17.8 Å². The summed E-state index contributed by atoms with van der Waals surface area (Å²) in [6, 6.07) is 0. The maximum Gasteiger partial charge on any atom is 0.355 e. The summed E-state index contributed by atoms with van der Waals surface area (Å²) in [5.41, 5.74) is -0.584. The van der Waals surface area contributed by atoms with Gasteiger partial charge < -0.3 is 10.2 Å². The van der Waals surface area contributed by atoms with Crippen LogP contribution in [0.5, 0.6) is 0 Å². The van der Waals surface area contributed by atoms with Gasteiger partial charge in [-0.15, -0.1) is 11.3 Å². The minimum Gasteiger partial charge on any atom is -0.476 e. The molecular formula is C23H33NO4S2. The van der Waals surface area contributed by atoms with E-state index in [0.29, 0.717) is 24.5 Å². The number of aromatic carboxylic acids is 1. The molecular weight excluding hydrogens is 418 g/mol. The minimum atomic E-state index is -1.01. The molecule has 0 bridgehead atoms. The van der Waals surface area contributed by atoms with Crippen LogP contribution in [0.4, 0.5) is 0 Å². The molecule has 30 heavy (non-hydrogen) atoms. The number of carboxylic acids is 1. The number of Topliss-reactive ketones (excluding diaryl/α,β-unsaturated/α-hetero) is 1. The highest BCUT2D eigenvalue weighted by Crippen LogP contribution is 2.36. The van der Waals surface area contributed by atoms with Gasteiger partial charge in [0.05, 0.1) is 5.60 Å². The summed E-state index contributed by atoms with van der Waals surface area (Å²) in [5.74, 6) is 0.989. The molecule has 2 aliphatic carbocycles. The van der Waals surface area contributed by atoms with Crippen LogP contribution in [-0.4, -0.2) is 38.3 Å². The minimum absolute atomic E-state index is 0.0240. The highest BCUT2D eigenvalue weighted by Gasteiger charge is 2.33. The molecule has 0 aliphatic heterocycles. The highest BCUT2D eigenvalue weighted by atomic mass is 32.2. The number of hydrogen-bond acceptors (Lipinski definition) is 6. The third-order valence-electron chi connectivity index (χ3n) is 6.41. The molecule has 0 aromatic carbocycles. The lowest BCUT2D eigenvalue weighted by molar-refractivity contribution is -0.121. The van der Waals surface area contributed by atoms with Crippen LogP contribution in [-0.2, 0) is 4.79 Å². The Morgan fingerprint density at radius 3 is 2.80 bits per heavy atom. The second kappa shape index (κ2) is 10.9. The number of allylic oxidation sites excluding steroid dienone is 1. The SMILES string of the molecule is CC(O)(CC=C[C@H]1CCC(=O)[C@@H]1CCSc1nc(C(=O)O)cs1)CC1CCCCC1. The lowest BCUT2D eigenvalue weighted by Crippen LogP contribution is -2.28. The Morgan fingerprint density at radius 1 is 1.33 bits per heavy atom. The maximum atomic E-state index is 12.4. The van der Waals surface area contributed by atoms with E-state index in [-0.39, 0.29) is 17.5 Å². The molecule has 2 fully saturated rings. The third-order valence-corrected chi connectivity index (χ3v) is 8.46. The number of carbonyl (C=O) groups excluding carboxylic acids is 1. The number of thioether (sulfide) groups is 1. The van der Waals surface area contributed by atoms with Crippen molar-refractivity contribution in [1.82, 2.24) is 4.98 Å². The van der Waals surface area contributed by atoms with E-state index in [4.69, 9.17) is 5.11 Å². The Labute approximate surface area is 187 Å². The van der Waals surface area contributed by atoms with E-state index in [2.05, 4.69) is 17.1 Å². The number of aromatic nitrogens is 1. The Kier molecular flexibility index (Phi) is 8.54. The van der Waals surface area contributed by atoms with Crippen molar-refractivity contribution >= 4 is 34.9 Å². The molecule has 2 saturated carbocycles. The van der Waals surface area contributed by atoms with Crippen molar-refractivity contribution in [1.29, 1.82) is 0 Å². The average Bonchev–Trinajstić information content (AvgIpc) is 3.30. The molecule has 0 amide bonds. The molecule has 166 valence electrons. The smallest absolute Gasteiger partial charge is 0.355 e. The summed E-state index contributed by atoms with van der Waals surface area (Å²) in [7, 11) is 0. The standard InChI is InChI=1S/C23H33NO4S2/c1-23(28,14-16-6-3-2-4-7-16)12-5-8-17-9-10-20(25)18(17)11-13-29-22-24-19(15-30-22)21(26)27/h5,8,15-18,28H,2-4,6-7,9-14H2,1H3,(H,26,27)/t17-,18+,23?/m0/s1. The molecule has 3 atom stereocenters. The van der Waals surface area contributed by atoms with Crippen LogP contribution in [0, 0.1) is 17.8 Å². The maximum absolute atomic E-state index is 12.4. The van der Waals surface area contributed by atoms with Crippen molar-refractivity contribution in [2.75, 3.05) is 5.75 Å². The first-order valence-corrected chi connectivity index (χ1v) is 12.9. The number of aliphatic hydroxyl groups is 1. The first-order chi connectivity index (χ1) is 14.3. The number of thiazole rings is 1. The second-order valence-electron chi connectivity index (χ2n) is 9.05. The van der Waals surface area contributed by atoms with Gasteiger partial charge in [-0.25, -0.2) is 9.78 Å². The zero-order valence-electron chi connectivity index (χ0n) is 17.7. The molecule has 0 saturated heterocycles. The van der Waals surface area contributed by atoms with Gasteiger partial charge in [-0.3, -0.25) is 4.79 Å². The van der Waals surface area contributed by atoms with E-state index in [1.807, 2.05) is 6.92 Å². The van der Waals surface area contributed by atoms with Gasteiger partial charge in [0.1, 0.15) is 5.78 Å². The summed E-state index contributed by atoms with van der Waals surface area (Å²) in [6.45, 7) is 1.94. The summed E-state index contributed by atoms with van der Waals surface area (Å²) in [6.07, 6.45) is 14.4. The number of ketones is 1. The first kappa shape index (κ1) is 23.5. The second-order valence-corrected chi connectivity index (χ2v) is 11.3. The number of nitrogens with zero attached hydrogens (tertiary/aromatic N) is 1. The molecule has 1 heterocycles. The van der Waals surface area contributed by atoms with Gasteiger partial charge >= 0.3 is 5.97 Å². The van der Waals surface area contributed by atoms with Gasteiger partial charge in [0.2, 0.25) is 0 Å². The van der Waals surface area contributed by atoms with Crippen LogP contribution in [0.25, 0.3) is 0 Å². The fourth-order valence-electron chi connectivity index (χ4n) is 4.83. The third kappa shape index (κ3) is 6.92. The van der Waals surface area contributed by atoms with Crippen LogP contribution in [0.15, 0.2) is 21.9 Å². The van der Waals surface area contributed by atoms with Crippen LogP contribution in [0.2, 0.25) is 0 Å². The van der Waals surface area contributed by atoms with Crippen LogP contribution in [0.1, 0.15) is 81.6 Å². The zero-order chi connectivity index (χ0) is 21.6. The number of carbonyl (C=O) groups is 2. The number of carboxylic acid groups (broad SMARTS) is 1. The van der Waals surface area contributed by atoms with E-state index < -0.39 is 11.6 Å². The molecule has 1 aromatic rings. The molecule has 2 aliphatic rings. The van der Waals surface area contributed by atoms with Gasteiger partial charge in [0.15, 0.2) is 10.0 Å². The largest absolute Gasteiger partial charge is 0.476 e. The number of hydrogen-bond donors (Lipinski definition) is 2. The quantitative estimate of drug-likeness (QED) is 0.356. The van der Waals surface area contributed by atoms with Gasteiger partial charge in [0.25, 0.3) is 0 Å². The Balaban J connectivity index is 1.45. The monoisotopic (exact) mass is 451 g/mol. The lowest BCUT2D eigenvalue weighted by Gasteiger charge is -2.30. The van der Waals surface area contributed by atoms with Crippen molar-refractivity contribution < 1.29 is 19.8 Å². The molecule has 0 radical (unpaired) electrons. The predicted molar refractivity (Wildman–Crippen MR) is 121 cm³/mol. The van der Waals surface area contributed by atoms with Crippen LogP contribution >= 0.6 is 23.1 Å². The first-order valence-electron chi connectivity index (χ1n) is 11.1. The predicted octanol–water partition coefficient (Wildman–Crippen LogP) is 5.59. The van der Waals surface area contributed by atoms with Crippen LogP contribution in [0.3, 0.4) is 0 Å². The highest BCUT2D eigenvalue weighted by molar-refractivity contribution is 8.01. The molecule has 3 rings (SSSR count). The molecule has 2 N–H and O–H groups in total. The van der Waals surface area contributed by atoms with Gasteiger partial charge in [-0.1, -0.05) is 56.0 Å². The van der Waals surface area contributed by atoms with E-state index >= 15 is 0 Å². The molecule has 5 nitrogen and oxygen atoms in total. The fraction of sp³-hybridized carbons (Fsp3) is 0.696. The summed E-state index contributed by atoms with van der Waals surface area (Å²) in [4.78, 5) is 27.4. The Bertz CT molecular complexity index is 752. The lowest BCUT2D eigenvalue weighted by atomic mass is 9.80. The molecule has 7 heteroatoms. The summed E-state index contributed by atoms with van der Waals surface area (Å²) < 4.78 is 0.740. The topological polar surface area (TPSA) is 87.5 Å². The van der Waals surface area contributed by atoms with E-state index in [1.165, 1.54) is 55.2 Å². The van der Waals surface area contributed by atoms with Crippen molar-refractivity contribution in [2.45, 2.75) is 81.1 Å². The van der Waals surface area contributed by atoms with Crippen molar-refractivity contribution in [3.05, 3.63) is 23.2 Å². The summed E-state index contributed by atoms with van der Waals surface area (Å²) in [5, 5.41) is 21.3. The fourth-order valence-corrected chi connectivity index (χ4v) is 6.72. The van der Waals surface area contributed by atoms with Crippen molar-refractivity contribution in [3.8, 4) is 0 Å². The Hall–Kier alpha value is -1.18. The molecule has 1 unspecified atom stereocenters. The van der Waals surface area contributed by atoms with Gasteiger partial charge in [-0.05, 0) is 44.4 Å². The number of rotatable bonds is 10. The molecule has 0 spiro atoms. The van der Waals surface area contributed by atoms with Gasteiger partial charge in [0, 0.05) is 23.5 Å². The van der Waals surface area contributed by atoms with E-state index in [0.717, 1.165) is 29.4 Å².